The van der Waals surface area contributed by atoms with E-state index in [1.165, 1.54) is 11.3 Å². The van der Waals surface area contributed by atoms with Crippen LogP contribution in [0.2, 0.25) is 0 Å². The number of aryl methyl sites for hydroxylation is 1. The van der Waals surface area contributed by atoms with E-state index in [1.54, 1.807) is 0 Å². The smallest absolute Gasteiger partial charge is 0.542 e. The van der Waals surface area contributed by atoms with Crippen LogP contribution in [0.1, 0.15) is 11.3 Å². The van der Waals surface area contributed by atoms with Crippen molar-refractivity contribution in [2.75, 3.05) is 0 Å². The van der Waals surface area contributed by atoms with Gasteiger partial charge in [-0.1, -0.05) is 6.07 Å². The molecular weight excluding hydrogens is 199 g/mol. The van der Waals surface area contributed by atoms with Crippen molar-refractivity contribution in [2.24, 2.45) is 0 Å². The van der Waals surface area contributed by atoms with Gasteiger partial charge in [-0.25, -0.2) is 0 Å². The summed E-state index contributed by atoms with van der Waals surface area (Å²) < 4.78 is 0. The fourth-order valence-electron chi connectivity index (χ4n) is 0.794. The van der Waals surface area contributed by atoms with Crippen LogP contribution < -0.4 is 34.7 Å². The van der Waals surface area contributed by atoms with Gasteiger partial charge in [-0.05, 0) is 17.9 Å². The minimum absolute atomic E-state index is 0. The molecule has 0 bridgehead atoms. The number of rotatable bonds is 4. The van der Waals surface area contributed by atoms with Crippen molar-refractivity contribution in [3.63, 3.8) is 0 Å². The Kier molecular flexibility index (Phi) is 6.24. The normalized spacial score (nSPS) is 8.92. The van der Waals surface area contributed by atoms with Crippen LogP contribution in [-0.4, -0.2) is 11.8 Å². The summed E-state index contributed by atoms with van der Waals surface area (Å²) in [5.74, 6) is -2.42. The fraction of sp³-hybridized carbons (Fsp3) is 0.250. The summed E-state index contributed by atoms with van der Waals surface area (Å²) in [5.41, 5.74) is 0. The SMILES string of the molecule is O=C([O-])C(=O)CCc1cccs1.[Na+]. The molecule has 1 aromatic rings. The minimum Gasteiger partial charge on any atom is -0.542 e. The molecule has 0 fully saturated rings. The summed E-state index contributed by atoms with van der Waals surface area (Å²) in [6.07, 6.45) is 0.521. The van der Waals surface area contributed by atoms with Crippen LogP contribution in [0, 0.1) is 0 Å². The maximum absolute atomic E-state index is 10.6. The molecule has 13 heavy (non-hydrogen) atoms. The standard InChI is InChI=1S/C8H8O3S.Na/c9-7(8(10)11)4-3-6-2-1-5-12-6;/h1-2,5H,3-4H2,(H,10,11);/q;+1/p-1. The van der Waals surface area contributed by atoms with E-state index >= 15 is 0 Å². The summed E-state index contributed by atoms with van der Waals surface area (Å²) in [6.45, 7) is 0. The molecule has 3 nitrogen and oxygen atoms in total. The minimum atomic E-state index is -1.59. The fourth-order valence-corrected chi connectivity index (χ4v) is 1.50. The number of carbonyl (C=O) groups excluding carboxylic acids is 2. The number of ketones is 1. The molecule has 0 unspecified atom stereocenters. The number of carbonyl (C=O) groups is 2. The van der Waals surface area contributed by atoms with E-state index in [-0.39, 0.29) is 36.0 Å². The van der Waals surface area contributed by atoms with Gasteiger partial charge in [-0.15, -0.1) is 11.3 Å². The van der Waals surface area contributed by atoms with Gasteiger partial charge in [-0.3, -0.25) is 4.79 Å². The Bertz CT molecular complexity index is 282. The van der Waals surface area contributed by atoms with Crippen LogP contribution in [0.4, 0.5) is 0 Å². The predicted molar refractivity (Wildman–Crippen MR) is 42.7 cm³/mol. The molecule has 0 amide bonds. The summed E-state index contributed by atoms with van der Waals surface area (Å²) in [4.78, 5) is 21.6. The van der Waals surface area contributed by atoms with E-state index in [0.29, 0.717) is 6.42 Å². The molecule has 0 spiro atoms. The van der Waals surface area contributed by atoms with Crippen LogP contribution in [0.25, 0.3) is 0 Å². The van der Waals surface area contributed by atoms with Gasteiger partial charge in [0.2, 0.25) is 0 Å². The average Bonchev–Trinajstić information content (AvgIpc) is 2.51. The van der Waals surface area contributed by atoms with E-state index < -0.39 is 11.8 Å². The Labute approximate surface area is 102 Å². The van der Waals surface area contributed by atoms with Crippen LogP contribution in [-0.2, 0) is 16.0 Å². The number of hydrogen-bond acceptors (Lipinski definition) is 4. The summed E-state index contributed by atoms with van der Waals surface area (Å²) in [6, 6.07) is 3.73. The van der Waals surface area contributed by atoms with E-state index in [2.05, 4.69) is 0 Å². The molecule has 5 heteroatoms. The molecule has 0 aliphatic heterocycles. The molecule has 64 valence electrons. The number of hydrogen-bond donors (Lipinski definition) is 0. The van der Waals surface area contributed by atoms with Gasteiger partial charge in [0.15, 0.2) is 5.78 Å². The van der Waals surface area contributed by atoms with Crippen LogP contribution in [0.5, 0.6) is 0 Å². The first-order chi connectivity index (χ1) is 5.70. The van der Waals surface area contributed by atoms with Crippen LogP contribution in [0.3, 0.4) is 0 Å². The molecule has 0 saturated carbocycles. The molecule has 0 aromatic carbocycles. The third kappa shape index (κ3) is 4.57. The number of thiophene rings is 1. The Morgan fingerprint density at radius 3 is 2.62 bits per heavy atom. The van der Waals surface area contributed by atoms with Crippen molar-refractivity contribution in [1.29, 1.82) is 0 Å². The number of aliphatic carboxylic acids is 1. The van der Waals surface area contributed by atoms with Crippen LogP contribution in [0.15, 0.2) is 17.5 Å². The van der Waals surface area contributed by atoms with Gasteiger partial charge < -0.3 is 9.90 Å². The van der Waals surface area contributed by atoms with E-state index in [0.717, 1.165) is 4.88 Å². The molecular formula is C8H7NaO3S. The molecule has 1 rings (SSSR count). The molecule has 0 N–H and O–H groups in total. The molecule has 0 atom stereocenters. The van der Waals surface area contributed by atoms with Gasteiger partial charge in [0.25, 0.3) is 0 Å². The van der Waals surface area contributed by atoms with Gasteiger partial charge in [0, 0.05) is 11.3 Å². The van der Waals surface area contributed by atoms with Gasteiger partial charge >= 0.3 is 29.6 Å². The first kappa shape index (κ1) is 12.8. The third-order valence-electron chi connectivity index (χ3n) is 1.41. The summed E-state index contributed by atoms with van der Waals surface area (Å²) in [7, 11) is 0. The second kappa shape index (κ2) is 6.32. The number of Topliss-reactive ketones (excluding diaryl/α,β-unsaturated/α-hetero) is 1. The molecule has 0 aliphatic carbocycles. The maximum atomic E-state index is 10.6. The van der Waals surface area contributed by atoms with Gasteiger partial charge in [0.1, 0.15) is 5.97 Å². The molecule has 0 saturated heterocycles. The van der Waals surface area contributed by atoms with Crippen molar-refractivity contribution in [3.8, 4) is 0 Å². The molecule has 1 heterocycles. The molecule has 0 radical (unpaired) electrons. The zero-order valence-electron chi connectivity index (χ0n) is 7.28. The van der Waals surface area contributed by atoms with Gasteiger partial charge in [0.05, 0.1) is 0 Å². The monoisotopic (exact) mass is 206 g/mol. The first-order valence-electron chi connectivity index (χ1n) is 3.46. The quantitative estimate of drug-likeness (QED) is 0.390. The number of carboxylic acid groups (broad SMARTS) is 1. The average molecular weight is 206 g/mol. The zero-order valence-corrected chi connectivity index (χ0v) is 10.1. The molecule has 0 aliphatic rings. The Hall–Kier alpha value is -0.160. The number of carboxylic acids is 1. The Morgan fingerprint density at radius 2 is 2.15 bits per heavy atom. The second-order valence-corrected chi connectivity index (χ2v) is 3.32. The van der Waals surface area contributed by atoms with E-state index in [9.17, 15) is 14.7 Å². The van der Waals surface area contributed by atoms with Crippen molar-refractivity contribution in [1.82, 2.24) is 0 Å². The zero-order chi connectivity index (χ0) is 8.97. The summed E-state index contributed by atoms with van der Waals surface area (Å²) >= 11 is 1.51. The second-order valence-electron chi connectivity index (χ2n) is 2.29. The van der Waals surface area contributed by atoms with E-state index in [1.807, 2.05) is 17.5 Å². The Balaban J connectivity index is 0.00000144. The topological polar surface area (TPSA) is 57.2 Å². The van der Waals surface area contributed by atoms with Crippen LogP contribution >= 0.6 is 11.3 Å². The van der Waals surface area contributed by atoms with Crippen molar-refractivity contribution in [3.05, 3.63) is 22.4 Å². The van der Waals surface area contributed by atoms with Crippen molar-refractivity contribution < 1.29 is 44.3 Å². The molecule has 1 aromatic heterocycles. The maximum Gasteiger partial charge on any atom is 1.00 e. The predicted octanol–water partition coefficient (Wildman–Crippen LogP) is -3.00. The van der Waals surface area contributed by atoms with Crippen molar-refractivity contribution in [2.45, 2.75) is 12.8 Å². The third-order valence-corrected chi connectivity index (χ3v) is 2.34. The van der Waals surface area contributed by atoms with E-state index in [4.69, 9.17) is 0 Å². The Morgan fingerprint density at radius 1 is 1.46 bits per heavy atom. The first-order valence-corrected chi connectivity index (χ1v) is 4.34. The van der Waals surface area contributed by atoms with Gasteiger partial charge in [-0.2, -0.15) is 0 Å². The summed E-state index contributed by atoms with van der Waals surface area (Å²) in [5, 5.41) is 11.9. The van der Waals surface area contributed by atoms with Crippen molar-refractivity contribution >= 4 is 23.1 Å². The largest absolute Gasteiger partial charge is 1.00 e.